The molecule has 1 aliphatic rings. The zero-order chi connectivity index (χ0) is 13.3. The van der Waals surface area contributed by atoms with Crippen molar-refractivity contribution in [3.8, 4) is 0 Å². The average Bonchev–Trinajstić information content (AvgIpc) is 2.64. The Morgan fingerprint density at radius 2 is 2.11 bits per heavy atom. The third-order valence-corrected chi connectivity index (χ3v) is 3.33. The first-order valence-corrected chi connectivity index (χ1v) is 6.49. The fraction of sp³-hybridized carbons (Fsp3) is 0.692. The molecule has 100 valence electrons. The Bertz CT molecular complexity index is 445. The van der Waals surface area contributed by atoms with Gasteiger partial charge in [-0.05, 0) is 34.1 Å². The van der Waals surface area contributed by atoms with Crippen LogP contribution in [0.15, 0.2) is 0 Å². The highest BCUT2D eigenvalue weighted by molar-refractivity contribution is 5.59. The fourth-order valence-electron chi connectivity index (χ4n) is 2.39. The van der Waals surface area contributed by atoms with E-state index >= 15 is 0 Å². The van der Waals surface area contributed by atoms with Gasteiger partial charge in [0, 0.05) is 25.2 Å². The molecular weight excluding hydrogens is 228 g/mol. The molecule has 0 radical (unpaired) electrons. The topological polar surface area (TPSA) is 61.3 Å². The summed E-state index contributed by atoms with van der Waals surface area (Å²) in [7, 11) is 0. The third-order valence-electron chi connectivity index (χ3n) is 3.33. The summed E-state index contributed by atoms with van der Waals surface area (Å²) in [5, 5.41) is 13.3. The summed E-state index contributed by atoms with van der Waals surface area (Å²) in [6, 6.07) is 0. The van der Waals surface area contributed by atoms with Gasteiger partial charge in [-0.2, -0.15) is 0 Å². The van der Waals surface area contributed by atoms with E-state index in [2.05, 4.69) is 27.1 Å². The lowest BCUT2D eigenvalue weighted by molar-refractivity contribution is 0.0839. The molecule has 0 spiro atoms. The molecule has 2 heterocycles. The first kappa shape index (κ1) is 13.1. The second-order valence-electron chi connectivity index (χ2n) is 5.27. The van der Waals surface area contributed by atoms with Crippen molar-refractivity contribution < 1.29 is 5.11 Å². The second-order valence-corrected chi connectivity index (χ2v) is 5.27. The van der Waals surface area contributed by atoms with Crippen LogP contribution < -0.4 is 10.2 Å². The summed E-state index contributed by atoms with van der Waals surface area (Å²) in [5.41, 5.74) is 0.448. The number of anilines is 2. The molecule has 0 bridgehead atoms. The lowest BCUT2D eigenvalue weighted by Crippen LogP contribution is -2.30. The highest BCUT2D eigenvalue weighted by Crippen LogP contribution is 2.29. The van der Waals surface area contributed by atoms with Gasteiger partial charge in [0.15, 0.2) is 0 Å². The Kier molecular flexibility index (Phi) is 3.43. The Labute approximate surface area is 108 Å². The van der Waals surface area contributed by atoms with Crippen molar-refractivity contribution in [2.75, 3.05) is 29.9 Å². The number of nitrogens with one attached hydrogen (secondary N) is 1. The van der Waals surface area contributed by atoms with E-state index in [1.54, 1.807) is 0 Å². The zero-order valence-corrected chi connectivity index (χ0v) is 11.6. The number of aromatic nitrogens is 2. The van der Waals surface area contributed by atoms with Gasteiger partial charge in [0.1, 0.15) is 17.5 Å². The number of nitrogens with zero attached hydrogens (tertiary/aromatic N) is 3. The molecule has 1 saturated heterocycles. The van der Waals surface area contributed by atoms with E-state index in [0.717, 1.165) is 42.5 Å². The van der Waals surface area contributed by atoms with Crippen molar-refractivity contribution in [1.82, 2.24) is 9.97 Å². The lowest BCUT2D eigenvalue weighted by Gasteiger charge is -2.23. The molecule has 1 aliphatic heterocycles. The van der Waals surface area contributed by atoms with Gasteiger partial charge in [0.05, 0.1) is 5.60 Å². The standard InChI is InChI=1S/C13H22N4O/c1-5-14-11-9(2)12(16-10(3)15-11)17-7-6-13(4,18)8-17/h18H,5-8H2,1-4H3,(H,14,15,16). The summed E-state index contributed by atoms with van der Waals surface area (Å²) in [4.78, 5) is 11.1. The second kappa shape index (κ2) is 4.72. The SMILES string of the molecule is CCNc1nc(C)nc(N2CCC(C)(O)C2)c1C. The predicted molar refractivity (Wildman–Crippen MR) is 73.1 cm³/mol. The first-order chi connectivity index (χ1) is 8.43. The zero-order valence-electron chi connectivity index (χ0n) is 11.6. The molecule has 1 aromatic rings. The molecule has 18 heavy (non-hydrogen) atoms. The summed E-state index contributed by atoms with van der Waals surface area (Å²) in [6.45, 7) is 10.2. The van der Waals surface area contributed by atoms with Gasteiger partial charge in [-0.3, -0.25) is 0 Å². The third kappa shape index (κ3) is 2.56. The molecule has 0 aromatic carbocycles. The Balaban J connectivity index is 2.33. The van der Waals surface area contributed by atoms with Crippen LogP contribution in [0.2, 0.25) is 0 Å². The smallest absolute Gasteiger partial charge is 0.137 e. The van der Waals surface area contributed by atoms with Crippen LogP contribution in [0.4, 0.5) is 11.6 Å². The summed E-state index contributed by atoms with van der Waals surface area (Å²) in [5.74, 6) is 2.60. The quantitative estimate of drug-likeness (QED) is 0.851. The van der Waals surface area contributed by atoms with Crippen LogP contribution in [0.5, 0.6) is 0 Å². The number of hydrogen-bond donors (Lipinski definition) is 2. The maximum Gasteiger partial charge on any atom is 0.137 e. The predicted octanol–water partition coefficient (Wildman–Crippen LogP) is 1.49. The van der Waals surface area contributed by atoms with Crippen LogP contribution >= 0.6 is 0 Å². The highest BCUT2D eigenvalue weighted by Gasteiger charge is 2.33. The maximum atomic E-state index is 10.1. The Morgan fingerprint density at radius 1 is 1.39 bits per heavy atom. The van der Waals surface area contributed by atoms with Crippen LogP contribution in [0, 0.1) is 13.8 Å². The van der Waals surface area contributed by atoms with Crippen LogP contribution in [-0.2, 0) is 0 Å². The number of hydrogen-bond acceptors (Lipinski definition) is 5. The first-order valence-electron chi connectivity index (χ1n) is 6.49. The molecule has 1 unspecified atom stereocenters. The molecular formula is C13H22N4O. The molecule has 1 fully saturated rings. The summed E-state index contributed by atoms with van der Waals surface area (Å²) < 4.78 is 0. The van der Waals surface area contributed by atoms with Gasteiger partial charge in [-0.25, -0.2) is 9.97 Å². The highest BCUT2D eigenvalue weighted by atomic mass is 16.3. The van der Waals surface area contributed by atoms with E-state index in [1.165, 1.54) is 0 Å². The normalized spacial score (nSPS) is 23.5. The minimum Gasteiger partial charge on any atom is -0.388 e. The molecule has 2 N–H and O–H groups in total. The minimum absolute atomic E-state index is 0.607. The van der Waals surface area contributed by atoms with Gasteiger partial charge < -0.3 is 15.3 Å². The maximum absolute atomic E-state index is 10.1. The van der Waals surface area contributed by atoms with Crippen molar-refractivity contribution in [3.63, 3.8) is 0 Å². The molecule has 5 heteroatoms. The van der Waals surface area contributed by atoms with Crippen LogP contribution in [0.3, 0.4) is 0 Å². The number of β-amino-alcohol motifs (C(OH)–C–C–N with tert-alkyl or cyclic N) is 1. The number of rotatable bonds is 3. The van der Waals surface area contributed by atoms with E-state index in [4.69, 9.17) is 0 Å². The molecule has 0 saturated carbocycles. The molecule has 0 aliphatic carbocycles. The van der Waals surface area contributed by atoms with Crippen molar-refractivity contribution >= 4 is 11.6 Å². The van der Waals surface area contributed by atoms with E-state index in [-0.39, 0.29) is 0 Å². The van der Waals surface area contributed by atoms with Gasteiger partial charge in [0.2, 0.25) is 0 Å². The number of aryl methyl sites for hydroxylation is 1. The largest absolute Gasteiger partial charge is 0.388 e. The van der Waals surface area contributed by atoms with Crippen molar-refractivity contribution in [2.45, 2.75) is 39.7 Å². The van der Waals surface area contributed by atoms with Crippen molar-refractivity contribution in [1.29, 1.82) is 0 Å². The van der Waals surface area contributed by atoms with E-state index in [0.29, 0.717) is 6.54 Å². The average molecular weight is 250 g/mol. The van der Waals surface area contributed by atoms with E-state index in [1.807, 2.05) is 20.8 Å². The molecule has 2 rings (SSSR count). The van der Waals surface area contributed by atoms with Crippen LogP contribution in [0.25, 0.3) is 0 Å². The fourth-order valence-corrected chi connectivity index (χ4v) is 2.39. The Hall–Kier alpha value is -1.36. The van der Waals surface area contributed by atoms with Crippen LogP contribution in [0.1, 0.15) is 31.7 Å². The lowest BCUT2D eigenvalue weighted by atomic mass is 10.1. The van der Waals surface area contributed by atoms with Crippen molar-refractivity contribution in [2.24, 2.45) is 0 Å². The van der Waals surface area contributed by atoms with E-state index < -0.39 is 5.60 Å². The minimum atomic E-state index is -0.607. The molecule has 1 aromatic heterocycles. The number of aliphatic hydroxyl groups is 1. The van der Waals surface area contributed by atoms with Crippen LogP contribution in [-0.4, -0.2) is 40.3 Å². The van der Waals surface area contributed by atoms with Gasteiger partial charge >= 0.3 is 0 Å². The molecule has 1 atom stereocenters. The summed E-state index contributed by atoms with van der Waals surface area (Å²) >= 11 is 0. The van der Waals surface area contributed by atoms with Gasteiger partial charge in [-0.15, -0.1) is 0 Å². The van der Waals surface area contributed by atoms with Gasteiger partial charge in [0.25, 0.3) is 0 Å². The molecule has 5 nitrogen and oxygen atoms in total. The monoisotopic (exact) mass is 250 g/mol. The Morgan fingerprint density at radius 3 is 2.67 bits per heavy atom. The molecule has 0 amide bonds. The summed E-state index contributed by atoms with van der Waals surface area (Å²) in [6.07, 6.45) is 0.784. The van der Waals surface area contributed by atoms with E-state index in [9.17, 15) is 5.11 Å². The van der Waals surface area contributed by atoms with Gasteiger partial charge in [-0.1, -0.05) is 0 Å². The van der Waals surface area contributed by atoms with Crippen molar-refractivity contribution in [3.05, 3.63) is 11.4 Å².